The summed E-state index contributed by atoms with van der Waals surface area (Å²) in [7, 11) is 0. The Labute approximate surface area is 129 Å². The van der Waals surface area contributed by atoms with Gasteiger partial charge in [-0.25, -0.2) is 0 Å². The van der Waals surface area contributed by atoms with Crippen molar-refractivity contribution in [3.05, 3.63) is 30.1 Å². The average molecular weight is 287 g/mol. The summed E-state index contributed by atoms with van der Waals surface area (Å²) in [4.78, 5) is 7.08. The molecule has 2 aliphatic rings. The van der Waals surface area contributed by atoms with Gasteiger partial charge < -0.3 is 5.32 Å². The van der Waals surface area contributed by atoms with Gasteiger partial charge in [-0.15, -0.1) is 0 Å². The van der Waals surface area contributed by atoms with Crippen LogP contribution in [0.1, 0.15) is 57.9 Å². The highest BCUT2D eigenvalue weighted by atomic mass is 15.3. The van der Waals surface area contributed by atoms with Crippen molar-refractivity contribution >= 4 is 0 Å². The first-order valence-electron chi connectivity index (χ1n) is 8.61. The van der Waals surface area contributed by atoms with Crippen LogP contribution in [0, 0.1) is 0 Å². The molecule has 3 heteroatoms. The van der Waals surface area contributed by atoms with E-state index in [2.05, 4.69) is 41.2 Å². The van der Waals surface area contributed by atoms with Crippen LogP contribution in [0.25, 0.3) is 0 Å². The van der Waals surface area contributed by atoms with E-state index in [1.54, 1.807) is 0 Å². The van der Waals surface area contributed by atoms with Crippen LogP contribution < -0.4 is 5.32 Å². The second kappa shape index (κ2) is 6.05. The van der Waals surface area contributed by atoms with Crippen molar-refractivity contribution in [2.24, 2.45) is 0 Å². The molecule has 0 bridgehead atoms. The smallest absolute Gasteiger partial charge is 0.0338 e. The van der Waals surface area contributed by atoms with Crippen molar-refractivity contribution in [3.63, 3.8) is 0 Å². The number of piperazine rings is 1. The van der Waals surface area contributed by atoms with E-state index in [-0.39, 0.29) is 0 Å². The minimum absolute atomic E-state index is 0.302. The van der Waals surface area contributed by atoms with Gasteiger partial charge in [-0.05, 0) is 37.3 Å². The third-order valence-corrected chi connectivity index (χ3v) is 5.94. The Kier molecular flexibility index (Phi) is 4.32. The van der Waals surface area contributed by atoms with Crippen molar-refractivity contribution in [1.29, 1.82) is 0 Å². The first kappa shape index (κ1) is 15.0. The number of pyridine rings is 1. The quantitative estimate of drug-likeness (QED) is 0.920. The van der Waals surface area contributed by atoms with Gasteiger partial charge in [-0.3, -0.25) is 9.88 Å². The molecular weight excluding hydrogens is 258 g/mol. The van der Waals surface area contributed by atoms with Gasteiger partial charge in [0.25, 0.3) is 0 Å². The Hall–Kier alpha value is -0.930. The number of rotatable bonds is 4. The monoisotopic (exact) mass is 287 g/mol. The first-order chi connectivity index (χ1) is 10.2. The van der Waals surface area contributed by atoms with Crippen LogP contribution >= 0.6 is 0 Å². The minimum Gasteiger partial charge on any atom is -0.308 e. The molecule has 0 aromatic carbocycles. The molecular formula is C18H29N3. The molecule has 1 aromatic rings. The highest BCUT2D eigenvalue weighted by Gasteiger charge is 2.47. The highest BCUT2D eigenvalue weighted by molar-refractivity contribution is 5.13. The molecule has 1 N–H and O–H groups in total. The van der Waals surface area contributed by atoms with E-state index in [4.69, 9.17) is 0 Å². The van der Waals surface area contributed by atoms with E-state index >= 15 is 0 Å². The van der Waals surface area contributed by atoms with Crippen LogP contribution in [0.4, 0.5) is 0 Å². The molecule has 2 fully saturated rings. The third-order valence-electron chi connectivity index (χ3n) is 5.94. The normalized spacial score (nSPS) is 24.5. The molecule has 1 saturated carbocycles. The average Bonchev–Trinajstić information content (AvgIpc) is 3.01. The molecule has 0 amide bonds. The van der Waals surface area contributed by atoms with Crippen molar-refractivity contribution in [2.45, 2.75) is 70.0 Å². The van der Waals surface area contributed by atoms with Crippen LogP contribution in [0.15, 0.2) is 24.5 Å². The highest BCUT2D eigenvalue weighted by Crippen LogP contribution is 2.40. The molecule has 2 heterocycles. The van der Waals surface area contributed by atoms with Crippen LogP contribution in [-0.2, 0) is 6.54 Å². The molecule has 1 saturated heterocycles. The van der Waals surface area contributed by atoms with Crippen LogP contribution in [0.5, 0.6) is 0 Å². The number of nitrogens with one attached hydrogen (secondary N) is 1. The summed E-state index contributed by atoms with van der Waals surface area (Å²) >= 11 is 0. The second-order valence-electron chi connectivity index (χ2n) is 6.99. The predicted octanol–water partition coefficient (Wildman–Crippen LogP) is 3.36. The summed E-state index contributed by atoms with van der Waals surface area (Å²) in [6.45, 7) is 8.04. The summed E-state index contributed by atoms with van der Waals surface area (Å²) < 4.78 is 0. The largest absolute Gasteiger partial charge is 0.308 e. The van der Waals surface area contributed by atoms with E-state index in [1.807, 2.05) is 12.4 Å². The predicted molar refractivity (Wildman–Crippen MR) is 87.2 cm³/mol. The zero-order chi connectivity index (χ0) is 14.8. The van der Waals surface area contributed by atoms with Gasteiger partial charge in [0, 0.05) is 43.1 Å². The van der Waals surface area contributed by atoms with E-state index in [1.165, 1.54) is 50.6 Å². The number of aromatic nitrogens is 1. The lowest BCUT2D eigenvalue weighted by Crippen LogP contribution is -2.68. The molecule has 1 aromatic heterocycles. The Balaban J connectivity index is 1.83. The zero-order valence-electron chi connectivity index (χ0n) is 13.6. The Morgan fingerprint density at radius 3 is 2.62 bits per heavy atom. The zero-order valence-corrected chi connectivity index (χ0v) is 13.6. The van der Waals surface area contributed by atoms with Gasteiger partial charge in [0.15, 0.2) is 0 Å². The molecule has 0 unspecified atom stereocenters. The molecule has 1 spiro atoms. The van der Waals surface area contributed by atoms with E-state index in [0.29, 0.717) is 11.1 Å². The van der Waals surface area contributed by atoms with Crippen LogP contribution in [-0.4, -0.2) is 34.1 Å². The van der Waals surface area contributed by atoms with Gasteiger partial charge in [-0.1, -0.05) is 32.8 Å². The van der Waals surface area contributed by atoms with Gasteiger partial charge in [0.05, 0.1) is 0 Å². The Bertz CT molecular complexity index is 447. The topological polar surface area (TPSA) is 28.2 Å². The molecule has 3 nitrogen and oxygen atoms in total. The first-order valence-corrected chi connectivity index (χ1v) is 8.61. The fourth-order valence-electron chi connectivity index (χ4n) is 4.24. The summed E-state index contributed by atoms with van der Waals surface area (Å²) in [6.07, 6.45) is 11.8. The molecule has 0 radical (unpaired) electrons. The molecule has 21 heavy (non-hydrogen) atoms. The van der Waals surface area contributed by atoms with Crippen LogP contribution in [0.3, 0.4) is 0 Å². The summed E-state index contributed by atoms with van der Waals surface area (Å²) in [5.74, 6) is 0. The maximum atomic E-state index is 4.30. The standard InChI is InChI=1S/C18H29N3/c1-3-17(4-2)15-21(13-16-8-7-11-19-12-16)18(14-20-17)9-5-6-10-18/h7-8,11-12,20H,3-6,9-10,13-15H2,1-2H3. The van der Waals surface area contributed by atoms with E-state index in [9.17, 15) is 0 Å². The molecule has 3 rings (SSSR count). The summed E-state index contributed by atoms with van der Waals surface area (Å²) in [5.41, 5.74) is 2.05. The third kappa shape index (κ3) is 2.86. The minimum atomic E-state index is 0.302. The van der Waals surface area contributed by atoms with Crippen molar-refractivity contribution in [2.75, 3.05) is 13.1 Å². The van der Waals surface area contributed by atoms with Gasteiger partial charge in [0.1, 0.15) is 0 Å². The van der Waals surface area contributed by atoms with Crippen molar-refractivity contribution in [3.8, 4) is 0 Å². The van der Waals surface area contributed by atoms with E-state index in [0.717, 1.165) is 13.1 Å². The lowest BCUT2D eigenvalue weighted by Gasteiger charge is -2.53. The van der Waals surface area contributed by atoms with Gasteiger partial charge >= 0.3 is 0 Å². The maximum absolute atomic E-state index is 4.30. The lowest BCUT2D eigenvalue weighted by molar-refractivity contribution is -0.00218. The summed E-state index contributed by atoms with van der Waals surface area (Å²) in [5, 5.41) is 3.92. The fraction of sp³-hybridized carbons (Fsp3) is 0.722. The van der Waals surface area contributed by atoms with Crippen LogP contribution in [0.2, 0.25) is 0 Å². The SMILES string of the molecule is CCC1(CC)CN(Cc2cccnc2)C2(CCCC2)CN1. The van der Waals surface area contributed by atoms with Gasteiger partial charge in [0.2, 0.25) is 0 Å². The molecule has 0 atom stereocenters. The number of nitrogens with zero attached hydrogens (tertiary/aromatic N) is 2. The molecule has 116 valence electrons. The maximum Gasteiger partial charge on any atom is 0.0338 e. The summed E-state index contributed by atoms with van der Waals surface area (Å²) in [6, 6.07) is 4.28. The number of hydrogen-bond donors (Lipinski definition) is 1. The lowest BCUT2D eigenvalue weighted by atomic mass is 9.82. The Morgan fingerprint density at radius 1 is 1.24 bits per heavy atom. The second-order valence-corrected chi connectivity index (χ2v) is 6.99. The molecule has 1 aliphatic heterocycles. The molecule has 1 aliphatic carbocycles. The van der Waals surface area contributed by atoms with Crippen molar-refractivity contribution < 1.29 is 0 Å². The fourth-order valence-corrected chi connectivity index (χ4v) is 4.24. The van der Waals surface area contributed by atoms with E-state index < -0.39 is 0 Å². The van der Waals surface area contributed by atoms with Gasteiger partial charge in [-0.2, -0.15) is 0 Å². The Morgan fingerprint density at radius 2 is 2.00 bits per heavy atom. The number of hydrogen-bond acceptors (Lipinski definition) is 3. The van der Waals surface area contributed by atoms with Crippen molar-refractivity contribution in [1.82, 2.24) is 15.2 Å².